The summed E-state index contributed by atoms with van der Waals surface area (Å²) in [6.45, 7) is 2.05. The third-order valence-electron chi connectivity index (χ3n) is 6.22. The summed E-state index contributed by atoms with van der Waals surface area (Å²) in [7, 11) is 0. The summed E-state index contributed by atoms with van der Waals surface area (Å²) in [6.07, 6.45) is 0.651. The first-order valence-corrected chi connectivity index (χ1v) is 11.4. The standard InChI is InChI=1S/C28H26N4O3/c1-28(24-14-8-13-23(17-24)18-29)26(34)32(27(35)30-28)20-25(33)31(19-22-11-6-3-7-12-22)16-15-21-9-4-2-5-10-21/h2-14,17H,15-16,19-20H2,1H3,(H,30,35). The van der Waals surface area contributed by atoms with Crippen molar-refractivity contribution < 1.29 is 14.4 Å². The largest absolute Gasteiger partial charge is 0.336 e. The van der Waals surface area contributed by atoms with Crippen LogP contribution in [0.2, 0.25) is 0 Å². The van der Waals surface area contributed by atoms with Gasteiger partial charge in [-0.05, 0) is 42.2 Å². The smallest absolute Gasteiger partial charge is 0.325 e. The van der Waals surface area contributed by atoms with Gasteiger partial charge < -0.3 is 10.2 Å². The number of amides is 4. The monoisotopic (exact) mass is 466 g/mol. The topological polar surface area (TPSA) is 93.5 Å². The zero-order valence-electron chi connectivity index (χ0n) is 19.5. The molecular formula is C28H26N4O3. The molecule has 0 aromatic heterocycles. The molecule has 7 heteroatoms. The van der Waals surface area contributed by atoms with Gasteiger partial charge in [0.2, 0.25) is 5.91 Å². The highest BCUT2D eigenvalue weighted by molar-refractivity contribution is 6.09. The van der Waals surface area contributed by atoms with E-state index >= 15 is 0 Å². The zero-order chi connectivity index (χ0) is 24.8. The molecule has 1 saturated heterocycles. The Bertz CT molecular complexity index is 1270. The molecule has 1 N–H and O–H groups in total. The molecule has 1 aliphatic heterocycles. The Morgan fingerprint density at radius 3 is 2.29 bits per heavy atom. The first-order valence-electron chi connectivity index (χ1n) is 11.4. The van der Waals surface area contributed by atoms with Crippen molar-refractivity contribution in [2.24, 2.45) is 0 Å². The van der Waals surface area contributed by atoms with Crippen molar-refractivity contribution in [2.75, 3.05) is 13.1 Å². The molecule has 3 aromatic rings. The summed E-state index contributed by atoms with van der Waals surface area (Å²) in [5.74, 6) is -0.836. The van der Waals surface area contributed by atoms with Gasteiger partial charge in [0.25, 0.3) is 5.91 Å². The van der Waals surface area contributed by atoms with Crippen molar-refractivity contribution >= 4 is 17.8 Å². The van der Waals surface area contributed by atoms with E-state index in [1.54, 1.807) is 36.1 Å². The molecule has 0 saturated carbocycles. The number of hydrogen-bond acceptors (Lipinski definition) is 4. The lowest BCUT2D eigenvalue weighted by Gasteiger charge is -2.26. The fraction of sp³-hybridized carbons (Fsp3) is 0.214. The fourth-order valence-corrected chi connectivity index (χ4v) is 4.18. The van der Waals surface area contributed by atoms with E-state index in [0.717, 1.165) is 16.0 Å². The molecule has 4 rings (SSSR count). The molecule has 0 spiro atoms. The maximum Gasteiger partial charge on any atom is 0.325 e. The SMILES string of the molecule is CC1(c2cccc(C#N)c2)NC(=O)N(CC(=O)N(CCc2ccccc2)Cc2ccccc2)C1=O. The lowest BCUT2D eigenvalue weighted by atomic mass is 9.91. The normalized spacial score (nSPS) is 17.1. The molecule has 0 bridgehead atoms. The van der Waals surface area contributed by atoms with Crippen LogP contribution in [0.5, 0.6) is 0 Å². The number of hydrogen-bond donors (Lipinski definition) is 1. The first kappa shape index (κ1) is 23.7. The minimum Gasteiger partial charge on any atom is -0.336 e. The van der Waals surface area contributed by atoms with E-state index < -0.39 is 17.5 Å². The quantitative estimate of drug-likeness (QED) is 0.514. The van der Waals surface area contributed by atoms with Crippen LogP contribution in [0.1, 0.15) is 29.2 Å². The predicted octanol–water partition coefficient (Wildman–Crippen LogP) is 3.60. The van der Waals surface area contributed by atoms with E-state index in [1.807, 2.05) is 66.7 Å². The summed E-state index contributed by atoms with van der Waals surface area (Å²) in [4.78, 5) is 42.1. The number of nitrogens with zero attached hydrogens (tertiary/aromatic N) is 3. The molecular weight excluding hydrogens is 440 g/mol. The maximum atomic E-state index is 13.4. The second kappa shape index (κ2) is 10.2. The number of carbonyl (C=O) groups is 3. The Morgan fingerprint density at radius 1 is 0.971 bits per heavy atom. The van der Waals surface area contributed by atoms with Crippen LogP contribution in [0, 0.1) is 11.3 Å². The highest BCUT2D eigenvalue weighted by Crippen LogP contribution is 2.29. The van der Waals surface area contributed by atoms with Crippen LogP contribution in [0.25, 0.3) is 0 Å². The minimum atomic E-state index is -1.35. The number of rotatable bonds is 8. The molecule has 7 nitrogen and oxygen atoms in total. The molecule has 1 aliphatic rings. The molecule has 3 aromatic carbocycles. The van der Waals surface area contributed by atoms with E-state index in [4.69, 9.17) is 0 Å². The molecule has 0 radical (unpaired) electrons. The third kappa shape index (κ3) is 5.22. The summed E-state index contributed by atoms with van der Waals surface area (Å²) in [6, 6.07) is 27.4. The van der Waals surface area contributed by atoms with Gasteiger partial charge in [-0.3, -0.25) is 14.5 Å². The van der Waals surface area contributed by atoms with Gasteiger partial charge in [-0.1, -0.05) is 72.8 Å². The molecule has 35 heavy (non-hydrogen) atoms. The number of benzene rings is 3. The van der Waals surface area contributed by atoms with Gasteiger partial charge in [-0.2, -0.15) is 5.26 Å². The molecule has 1 unspecified atom stereocenters. The van der Waals surface area contributed by atoms with Crippen molar-refractivity contribution in [2.45, 2.75) is 25.4 Å². The molecule has 1 fully saturated rings. The Balaban J connectivity index is 1.52. The van der Waals surface area contributed by atoms with E-state index in [2.05, 4.69) is 5.32 Å². The van der Waals surface area contributed by atoms with Crippen LogP contribution in [-0.2, 0) is 28.1 Å². The minimum absolute atomic E-state index is 0.316. The Labute approximate surface area is 204 Å². The number of urea groups is 1. The van der Waals surface area contributed by atoms with Gasteiger partial charge in [0.15, 0.2) is 0 Å². The Kier molecular flexibility index (Phi) is 6.93. The van der Waals surface area contributed by atoms with Gasteiger partial charge in [-0.25, -0.2) is 4.79 Å². The first-order chi connectivity index (χ1) is 16.9. The molecule has 176 valence electrons. The van der Waals surface area contributed by atoms with Gasteiger partial charge in [0, 0.05) is 13.1 Å². The van der Waals surface area contributed by atoms with Gasteiger partial charge in [-0.15, -0.1) is 0 Å². The lowest BCUT2D eigenvalue weighted by Crippen LogP contribution is -2.45. The van der Waals surface area contributed by atoms with Crippen LogP contribution in [0.3, 0.4) is 0 Å². The lowest BCUT2D eigenvalue weighted by molar-refractivity contribution is -0.139. The van der Waals surface area contributed by atoms with Crippen LogP contribution >= 0.6 is 0 Å². The van der Waals surface area contributed by atoms with E-state index in [0.29, 0.717) is 30.6 Å². The number of nitrogens with one attached hydrogen (secondary N) is 1. The highest BCUT2D eigenvalue weighted by Gasteiger charge is 2.49. The Morgan fingerprint density at radius 2 is 1.63 bits per heavy atom. The fourth-order valence-electron chi connectivity index (χ4n) is 4.18. The average Bonchev–Trinajstić information content (AvgIpc) is 3.11. The number of nitriles is 1. The second-order valence-electron chi connectivity index (χ2n) is 8.68. The molecule has 1 heterocycles. The second-order valence-corrected chi connectivity index (χ2v) is 8.68. The molecule has 4 amide bonds. The molecule has 1 atom stereocenters. The third-order valence-corrected chi connectivity index (χ3v) is 6.22. The van der Waals surface area contributed by atoms with E-state index in [-0.39, 0.29) is 12.5 Å². The van der Waals surface area contributed by atoms with E-state index in [9.17, 15) is 19.6 Å². The zero-order valence-corrected chi connectivity index (χ0v) is 19.5. The predicted molar refractivity (Wildman–Crippen MR) is 131 cm³/mol. The summed E-state index contributed by atoms with van der Waals surface area (Å²) in [5.41, 5.74) is 1.59. The summed E-state index contributed by atoms with van der Waals surface area (Å²) in [5, 5.41) is 11.9. The van der Waals surface area contributed by atoms with E-state index in [1.165, 1.54) is 0 Å². The van der Waals surface area contributed by atoms with Crippen molar-refractivity contribution in [1.29, 1.82) is 5.26 Å². The summed E-state index contributed by atoms with van der Waals surface area (Å²) >= 11 is 0. The maximum absolute atomic E-state index is 13.4. The van der Waals surface area contributed by atoms with Crippen LogP contribution in [0.15, 0.2) is 84.9 Å². The van der Waals surface area contributed by atoms with Crippen LogP contribution in [0.4, 0.5) is 4.79 Å². The average molecular weight is 467 g/mol. The van der Waals surface area contributed by atoms with Crippen LogP contribution in [-0.4, -0.2) is 40.7 Å². The van der Waals surface area contributed by atoms with Crippen LogP contribution < -0.4 is 5.32 Å². The number of imide groups is 1. The van der Waals surface area contributed by atoms with Gasteiger partial charge in [0.1, 0.15) is 12.1 Å². The molecule has 0 aliphatic carbocycles. The number of carbonyl (C=O) groups excluding carboxylic acids is 3. The van der Waals surface area contributed by atoms with Gasteiger partial charge in [0.05, 0.1) is 11.6 Å². The van der Waals surface area contributed by atoms with Crippen molar-refractivity contribution in [3.05, 3.63) is 107 Å². The van der Waals surface area contributed by atoms with Gasteiger partial charge >= 0.3 is 6.03 Å². The van der Waals surface area contributed by atoms with Crippen molar-refractivity contribution in [1.82, 2.24) is 15.1 Å². The highest BCUT2D eigenvalue weighted by atomic mass is 16.2. The summed E-state index contributed by atoms with van der Waals surface area (Å²) < 4.78 is 0. The van der Waals surface area contributed by atoms with Crippen molar-refractivity contribution in [3.8, 4) is 6.07 Å². The Hall–Kier alpha value is -4.44. The van der Waals surface area contributed by atoms with Crippen molar-refractivity contribution in [3.63, 3.8) is 0 Å².